The number of nitrogens with zero attached hydrogens (tertiary/aromatic N) is 1. The van der Waals surface area contributed by atoms with Gasteiger partial charge in [0.2, 0.25) is 0 Å². The first-order chi connectivity index (χ1) is 8.91. The van der Waals surface area contributed by atoms with Crippen molar-refractivity contribution >= 4 is 12.4 Å². The minimum atomic E-state index is -0.838. The third-order valence-electron chi connectivity index (χ3n) is 3.67. The van der Waals surface area contributed by atoms with Crippen LogP contribution in [0.5, 0.6) is 5.75 Å². The van der Waals surface area contributed by atoms with Gasteiger partial charge < -0.3 is 14.7 Å². The Balaban J connectivity index is 0.00000361. The molecule has 20 heavy (non-hydrogen) atoms. The summed E-state index contributed by atoms with van der Waals surface area (Å²) in [6.45, 7) is 4.94. The maximum Gasteiger partial charge on any atom is 0.119 e. The van der Waals surface area contributed by atoms with Gasteiger partial charge in [-0.25, -0.2) is 0 Å². The maximum atomic E-state index is 11.0. The van der Waals surface area contributed by atoms with Crippen molar-refractivity contribution in [3.8, 4) is 5.75 Å². The number of halogens is 1. The third kappa shape index (κ3) is 4.97. The summed E-state index contributed by atoms with van der Waals surface area (Å²) < 4.78 is 5.25. The summed E-state index contributed by atoms with van der Waals surface area (Å²) in [6, 6.07) is 7.74. The van der Waals surface area contributed by atoms with Crippen LogP contribution in [0.3, 0.4) is 0 Å². The zero-order valence-corrected chi connectivity index (χ0v) is 14.0. The fourth-order valence-corrected chi connectivity index (χ4v) is 2.51. The molecule has 0 aliphatic rings. The minimum absolute atomic E-state index is 0. The van der Waals surface area contributed by atoms with Crippen LogP contribution in [0.15, 0.2) is 24.3 Å². The average molecular weight is 302 g/mol. The van der Waals surface area contributed by atoms with Crippen LogP contribution in [-0.4, -0.2) is 37.8 Å². The molecule has 0 aliphatic heterocycles. The lowest BCUT2D eigenvalue weighted by atomic mass is 9.80. The van der Waals surface area contributed by atoms with Crippen LogP contribution in [-0.2, 0) is 5.60 Å². The largest absolute Gasteiger partial charge is 0.497 e. The Labute approximate surface area is 129 Å². The van der Waals surface area contributed by atoms with Crippen molar-refractivity contribution in [2.75, 3.05) is 27.7 Å². The van der Waals surface area contributed by atoms with E-state index in [9.17, 15) is 5.11 Å². The molecule has 1 N–H and O–H groups in total. The summed E-state index contributed by atoms with van der Waals surface area (Å²) >= 11 is 0. The molecule has 2 atom stereocenters. The van der Waals surface area contributed by atoms with Gasteiger partial charge >= 0.3 is 0 Å². The first-order valence-electron chi connectivity index (χ1n) is 6.93. The number of hydrogen-bond acceptors (Lipinski definition) is 3. The lowest BCUT2D eigenvalue weighted by molar-refractivity contribution is -0.0198. The Hall–Kier alpha value is -0.770. The summed E-state index contributed by atoms with van der Waals surface area (Å²) in [4.78, 5) is 2.13. The van der Waals surface area contributed by atoms with Crippen LogP contribution in [0, 0.1) is 5.92 Å². The van der Waals surface area contributed by atoms with Crippen molar-refractivity contribution in [1.29, 1.82) is 0 Å². The summed E-state index contributed by atoms with van der Waals surface area (Å²) in [5.74, 6) is 0.998. The van der Waals surface area contributed by atoms with Crippen LogP contribution in [0.25, 0.3) is 0 Å². The monoisotopic (exact) mass is 301 g/mol. The average Bonchev–Trinajstić information content (AvgIpc) is 2.38. The SMILES string of the molecule is CCCC(CN(C)C)C(C)(O)c1cccc(OC)c1.Cl. The molecule has 1 rings (SSSR count). The van der Waals surface area contributed by atoms with Crippen LogP contribution in [0.1, 0.15) is 32.3 Å². The Morgan fingerprint density at radius 1 is 1.35 bits per heavy atom. The Morgan fingerprint density at radius 2 is 2.00 bits per heavy atom. The van der Waals surface area contributed by atoms with Gasteiger partial charge in [-0.2, -0.15) is 0 Å². The maximum absolute atomic E-state index is 11.0. The quantitative estimate of drug-likeness (QED) is 0.839. The van der Waals surface area contributed by atoms with E-state index in [-0.39, 0.29) is 18.3 Å². The molecule has 1 aromatic rings. The molecule has 4 heteroatoms. The number of rotatable bonds is 7. The van der Waals surface area contributed by atoms with Gasteiger partial charge in [0.25, 0.3) is 0 Å². The predicted molar refractivity (Wildman–Crippen MR) is 86.8 cm³/mol. The van der Waals surface area contributed by atoms with Crippen molar-refractivity contribution in [2.45, 2.75) is 32.3 Å². The van der Waals surface area contributed by atoms with Gasteiger partial charge in [0.15, 0.2) is 0 Å². The molecule has 2 unspecified atom stereocenters. The highest BCUT2D eigenvalue weighted by atomic mass is 35.5. The standard InChI is InChI=1S/C16H27NO2.ClH/c1-6-8-14(12-17(3)4)16(2,18)13-9-7-10-15(11-13)19-5;/h7,9-11,14,18H,6,8,12H2,1-5H3;1H. The molecule has 0 amide bonds. The second kappa shape index (κ2) is 8.50. The van der Waals surface area contributed by atoms with E-state index in [0.717, 1.165) is 30.7 Å². The molecule has 0 saturated heterocycles. The molecule has 0 heterocycles. The number of benzene rings is 1. The van der Waals surface area contributed by atoms with E-state index >= 15 is 0 Å². The smallest absolute Gasteiger partial charge is 0.119 e. The van der Waals surface area contributed by atoms with E-state index in [1.54, 1.807) is 7.11 Å². The molecule has 0 radical (unpaired) electrons. The lowest BCUT2D eigenvalue weighted by Gasteiger charge is -2.35. The minimum Gasteiger partial charge on any atom is -0.497 e. The molecule has 0 saturated carbocycles. The zero-order chi connectivity index (χ0) is 14.5. The van der Waals surface area contributed by atoms with Crippen molar-refractivity contribution in [2.24, 2.45) is 5.92 Å². The van der Waals surface area contributed by atoms with Crippen LogP contribution in [0.4, 0.5) is 0 Å². The summed E-state index contributed by atoms with van der Waals surface area (Å²) in [7, 11) is 5.74. The number of methoxy groups -OCH3 is 1. The summed E-state index contributed by atoms with van der Waals surface area (Å²) in [5.41, 5.74) is 0.0848. The highest BCUT2D eigenvalue weighted by molar-refractivity contribution is 5.85. The van der Waals surface area contributed by atoms with Crippen molar-refractivity contribution < 1.29 is 9.84 Å². The molecule has 0 aromatic heterocycles. The molecule has 0 aliphatic carbocycles. The van der Waals surface area contributed by atoms with Gasteiger partial charge in [-0.1, -0.05) is 25.5 Å². The van der Waals surface area contributed by atoms with Crippen LogP contribution in [0.2, 0.25) is 0 Å². The highest BCUT2D eigenvalue weighted by Crippen LogP contribution is 2.34. The van der Waals surface area contributed by atoms with E-state index in [2.05, 4.69) is 11.8 Å². The molecule has 0 spiro atoms. The normalized spacial score (nSPS) is 15.3. The second-order valence-electron chi connectivity index (χ2n) is 5.63. The summed E-state index contributed by atoms with van der Waals surface area (Å²) in [6.07, 6.45) is 2.07. The Bertz CT molecular complexity index is 394. The third-order valence-corrected chi connectivity index (χ3v) is 3.67. The molecular weight excluding hydrogens is 274 g/mol. The van der Waals surface area contributed by atoms with Gasteiger partial charge in [0.1, 0.15) is 5.75 Å². The van der Waals surface area contributed by atoms with Crippen LogP contribution >= 0.6 is 12.4 Å². The lowest BCUT2D eigenvalue weighted by Crippen LogP contribution is -2.38. The molecule has 116 valence electrons. The number of aliphatic hydroxyl groups is 1. The molecule has 3 nitrogen and oxygen atoms in total. The highest BCUT2D eigenvalue weighted by Gasteiger charge is 2.33. The van der Waals surface area contributed by atoms with Crippen LogP contribution < -0.4 is 4.74 Å². The van der Waals surface area contributed by atoms with Crippen molar-refractivity contribution in [3.05, 3.63) is 29.8 Å². The van der Waals surface area contributed by atoms with E-state index in [4.69, 9.17) is 4.74 Å². The van der Waals surface area contributed by atoms with Crippen molar-refractivity contribution in [1.82, 2.24) is 4.90 Å². The zero-order valence-electron chi connectivity index (χ0n) is 13.2. The molecular formula is C16H28ClNO2. The van der Waals surface area contributed by atoms with Gasteiger partial charge in [-0.3, -0.25) is 0 Å². The number of ether oxygens (including phenoxy) is 1. The second-order valence-corrected chi connectivity index (χ2v) is 5.63. The molecule has 1 aromatic carbocycles. The molecule has 0 bridgehead atoms. The van der Waals surface area contributed by atoms with E-state index < -0.39 is 5.60 Å². The fourth-order valence-electron chi connectivity index (χ4n) is 2.51. The Kier molecular flexibility index (Phi) is 8.17. The predicted octanol–water partition coefficient (Wildman–Crippen LogP) is 3.30. The van der Waals surface area contributed by atoms with Gasteiger partial charge in [-0.05, 0) is 45.1 Å². The van der Waals surface area contributed by atoms with Crippen molar-refractivity contribution in [3.63, 3.8) is 0 Å². The Morgan fingerprint density at radius 3 is 2.50 bits per heavy atom. The van der Waals surface area contributed by atoms with E-state index in [1.807, 2.05) is 45.3 Å². The van der Waals surface area contributed by atoms with E-state index in [0.29, 0.717) is 0 Å². The van der Waals surface area contributed by atoms with E-state index in [1.165, 1.54) is 0 Å². The first-order valence-corrected chi connectivity index (χ1v) is 6.93. The summed E-state index contributed by atoms with van der Waals surface area (Å²) in [5, 5.41) is 11.0. The van der Waals surface area contributed by atoms with Gasteiger partial charge in [0.05, 0.1) is 12.7 Å². The molecule has 0 fully saturated rings. The van der Waals surface area contributed by atoms with Gasteiger partial charge in [0, 0.05) is 12.5 Å². The first kappa shape index (κ1) is 19.2. The number of hydrogen-bond donors (Lipinski definition) is 1. The topological polar surface area (TPSA) is 32.7 Å². The fraction of sp³-hybridized carbons (Fsp3) is 0.625. The van der Waals surface area contributed by atoms with Gasteiger partial charge in [-0.15, -0.1) is 12.4 Å².